The number of benzene rings is 1. The molecule has 4 heteroatoms. The third kappa shape index (κ3) is 3.44. The fraction of sp³-hybridized carbons (Fsp3) is 0.571. The van der Waals surface area contributed by atoms with E-state index in [0.717, 1.165) is 18.7 Å². The second-order valence-corrected chi connectivity index (χ2v) is 5.63. The zero-order chi connectivity index (χ0) is 13.1. The smallest absolute Gasteiger partial charge is 0.142 e. The zero-order valence-electron chi connectivity index (χ0n) is 10.9. The molecule has 2 nitrogen and oxygen atoms in total. The lowest BCUT2D eigenvalue weighted by molar-refractivity contribution is 0.382. The highest BCUT2D eigenvalue weighted by molar-refractivity contribution is 6.30. The van der Waals surface area contributed by atoms with E-state index in [1.165, 1.54) is 19.0 Å². The molecule has 1 aromatic rings. The molecule has 1 aliphatic rings. The Kier molecular flexibility index (Phi) is 4.60. The van der Waals surface area contributed by atoms with E-state index >= 15 is 0 Å². The first-order valence-electron chi connectivity index (χ1n) is 6.43. The number of nitrogens with zero attached hydrogens (tertiary/aromatic N) is 1. The van der Waals surface area contributed by atoms with Crippen molar-refractivity contribution in [3.8, 4) is 0 Å². The van der Waals surface area contributed by atoms with Crippen LogP contribution in [-0.4, -0.2) is 31.6 Å². The van der Waals surface area contributed by atoms with Gasteiger partial charge in [0.05, 0.1) is 5.02 Å². The van der Waals surface area contributed by atoms with Gasteiger partial charge in [-0.25, -0.2) is 4.39 Å². The number of hydrogen-bond donors (Lipinski definition) is 1. The maximum absolute atomic E-state index is 13.4. The molecule has 0 bridgehead atoms. The van der Waals surface area contributed by atoms with Crippen LogP contribution >= 0.6 is 11.6 Å². The van der Waals surface area contributed by atoms with Crippen LogP contribution in [0.4, 0.5) is 4.39 Å². The number of nitrogens with one attached hydrogen (secondary N) is 1. The van der Waals surface area contributed by atoms with Gasteiger partial charge in [-0.2, -0.15) is 0 Å². The molecule has 0 spiro atoms. The van der Waals surface area contributed by atoms with Crippen molar-refractivity contribution in [1.29, 1.82) is 0 Å². The minimum absolute atomic E-state index is 0.155. The average Bonchev–Trinajstić information content (AvgIpc) is 2.75. The number of likely N-dealkylation sites (tertiary alicyclic amines) is 1. The molecule has 0 amide bonds. The van der Waals surface area contributed by atoms with Crippen LogP contribution in [0.1, 0.15) is 24.9 Å². The van der Waals surface area contributed by atoms with Gasteiger partial charge in [-0.3, -0.25) is 0 Å². The molecule has 1 aromatic carbocycles. The molecule has 0 aliphatic carbocycles. The van der Waals surface area contributed by atoms with Gasteiger partial charge in [0.15, 0.2) is 0 Å². The Labute approximate surface area is 113 Å². The molecule has 1 saturated heterocycles. The van der Waals surface area contributed by atoms with Crippen LogP contribution in [0.5, 0.6) is 0 Å². The Hall–Kier alpha value is -0.640. The first-order valence-corrected chi connectivity index (χ1v) is 6.81. The third-order valence-corrected chi connectivity index (χ3v) is 3.95. The summed E-state index contributed by atoms with van der Waals surface area (Å²) < 4.78 is 13.4. The van der Waals surface area contributed by atoms with Crippen LogP contribution in [0.3, 0.4) is 0 Å². The maximum atomic E-state index is 13.4. The van der Waals surface area contributed by atoms with E-state index in [9.17, 15) is 4.39 Å². The molecule has 1 fully saturated rings. The monoisotopic (exact) mass is 270 g/mol. The van der Waals surface area contributed by atoms with E-state index in [2.05, 4.69) is 24.2 Å². The zero-order valence-corrected chi connectivity index (χ0v) is 11.7. The number of halogens is 2. The van der Waals surface area contributed by atoms with Crippen LogP contribution in [0.25, 0.3) is 0 Å². The lowest BCUT2D eigenvalue weighted by atomic mass is 10.1. The summed E-state index contributed by atoms with van der Waals surface area (Å²) in [4.78, 5) is 2.35. The van der Waals surface area contributed by atoms with Gasteiger partial charge in [-0.05, 0) is 57.1 Å². The van der Waals surface area contributed by atoms with Crippen LogP contribution in [0, 0.1) is 11.7 Å². The highest BCUT2D eigenvalue weighted by atomic mass is 35.5. The van der Waals surface area contributed by atoms with Gasteiger partial charge in [0.1, 0.15) is 5.82 Å². The Bertz CT molecular complexity index is 411. The van der Waals surface area contributed by atoms with Crippen molar-refractivity contribution in [3.63, 3.8) is 0 Å². The Morgan fingerprint density at radius 1 is 1.56 bits per heavy atom. The summed E-state index contributed by atoms with van der Waals surface area (Å²) in [5.74, 6) is 0.359. The second-order valence-electron chi connectivity index (χ2n) is 5.22. The Morgan fingerprint density at radius 3 is 2.94 bits per heavy atom. The summed E-state index contributed by atoms with van der Waals surface area (Å²) >= 11 is 5.68. The van der Waals surface area contributed by atoms with Gasteiger partial charge in [0.2, 0.25) is 0 Å². The molecule has 100 valence electrons. The molecule has 1 N–H and O–H groups in total. The van der Waals surface area contributed by atoms with Crippen LogP contribution in [-0.2, 0) is 0 Å². The number of hydrogen-bond acceptors (Lipinski definition) is 2. The number of rotatable bonds is 4. The Morgan fingerprint density at radius 2 is 2.33 bits per heavy atom. The average molecular weight is 271 g/mol. The summed E-state index contributed by atoms with van der Waals surface area (Å²) in [7, 11) is 2.15. The van der Waals surface area contributed by atoms with Crippen molar-refractivity contribution in [3.05, 3.63) is 34.6 Å². The first-order chi connectivity index (χ1) is 8.56. The molecule has 2 atom stereocenters. The topological polar surface area (TPSA) is 15.3 Å². The molecule has 1 heterocycles. The van der Waals surface area contributed by atoms with Crippen molar-refractivity contribution in [2.75, 3.05) is 26.7 Å². The summed E-state index contributed by atoms with van der Waals surface area (Å²) in [5.41, 5.74) is 0.947. The van der Waals surface area contributed by atoms with E-state index < -0.39 is 0 Å². The van der Waals surface area contributed by atoms with E-state index in [1.54, 1.807) is 6.07 Å². The van der Waals surface area contributed by atoms with Crippen LogP contribution in [0.15, 0.2) is 18.2 Å². The quantitative estimate of drug-likeness (QED) is 0.905. The maximum Gasteiger partial charge on any atom is 0.142 e. The first kappa shape index (κ1) is 13.8. The summed E-state index contributed by atoms with van der Waals surface area (Å²) in [6.07, 6.45) is 1.24. The summed E-state index contributed by atoms with van der Waals surface area (Å²) in [6.45, 7) is 5.36. The van der Waals surface area contributed by atoms with Crippen LogP contribution in [0.2, 0.25) is 5.02 Å². The molecule has 2 rings (SSSR count). The highest BCUT2D eigenvalue weighted by Gasteiger charge is 2.19. The lowest BCUT2D eigenvalue weighted by Gasteiger charge is -2.18. The lowest BCUT2D eigenvalue weighted by Crippen LogP contribution is -2.27. The predicted octanol–water partition coefficient (Wildman–Crippen LogP) is 3.08. The van der Waals surface area contributed by atoms with Gasteiger partial charge in [-0.1, -0.05) is 17.7 Å². The van der Waals surface area contributed by atoms with Crippen molar-refractivity contribution in [2.24, 2.45) is 5.92 Å². The van der Waals surface area contributed by atoms with Gasteiger partial charge >= 0.3 is 0 Å². The third-order valence-electron chi connectivity index (χ3n) is 3.65. The molecule has 0 saturated carbocycles. The molecular weight excluding hydrogens is 251 g/mol. The molecule has 0 aromatic heterocycles. The molecule has 2 unspecified atom stereocenters. The largest absolute Gasteiger partial charge is 0.310 e. The van der Waals surface area contributed by atoms with Gasteiger partial charge in [0.25, 0.3) is 0 Å². The molecule has 0 radical (unpaired) electrons. The van der Waals surface area contributed by atoms with Crippen molar-refractivity contribution in [1.82, 2.24) is 10.2 Å². The summed E-state index contributed by atoms with van der Waals surface area (Å²) in [6, 6.07) is 5.17. The highest BCUT2D eigenvalue weighted by Crippen LogP contribution is 2.21. The van der Waals surface area contributed by atoms with Gasteiger partial charge in [-0.15, -0.1) is 0 Å². The molecule has 18 heavy (non-hydrogen) atoms. The standard InChI is InChI=1S/C14H20ClFN2/c1-10(12-3-4-13(15)14(16)7-12)17-8-11-5-6-18(2)9-11/h3-4,7,10-11,17H,5-6,8-9H2,1-2H3. The fourth-order valence-electron chi connectivity index (χ4n) is 2.44. The molecule has 1 aliphatic heterocycles. The minimum atomic E-state index is -0.344. The van der Waals surface area contributed by atoms with E-state index in [-0.39, 0.29) is 16.9 Å². The summed E-state index contributed by atoms with van der Waals surface area (Å²) in [5, 5.41) is 3.66. The minimum Gasteiger partial charge on any atom is -0.310 e. The second kappa shape index (κ2) is 6.00. The van der Waals surface area contributed by atoms with Crippen molar-refractivity contribution >= 4 is 11.6 Å². The Balaban J connectivity index is 1.87. The SMILES string of the molecule is CC(NCC1CCN(C)C1)c1ccc(Cl)c(F)c1. The van der Waals surface area contributed by atoms with Crippen molar-refractivity contribution < 1.29 is 4.39 Å². The van der Waals surface area contributed by atoms with Crippen molar-refractivity contribution in [2.45, 2.75) is 19.4 Å². The fourth-order valence-corrected chi connectivity index (χ4v) is 2.55. The van der Waals surface area contributed by atoms with Gasteiger partial charge in [0, 0.05) is 12.6 Å². The predicted molar refractivity (Wildman–Crippen MR) is 73.4 cm³/mol. The normalized spacial score (nSPS) is 22.3. The van der Waals surface area contributed by atoms with Crippen LogP contribution < -0.4 is 5.32 Å². The molecular formula is C14H20ClFN2. The van der Waals surface area contributed by atoms with E-state index in [4.69, 9.17) is 11.6 Å². The van der Waals surface area contributed by atoms with Gasteiger partial charge < -0.3 is 10.2 Å². The van der Waals surface area contributed by atoms with E-state index in [0.29, 0.717) is 5.92 Å². The van der Waals surface area contributed by atoms with E-state index in [1.807, 2.05) is 6.07 Å².